The van der Waals surface area contributed by atoms with E-state index in [1.165, 1.54) is 12.0 Å². The molecule has 0 radical (unpaired) electrons. The average Bonchev–Trinajstić information content (AvgIpc) is 3.26. The summed E-state index contributed by atoms with van der Waals surface area (Å²) >= 11 is 0. The van der Waals surface area contributed by atoms with Crippen molar-refractivity contribution >= 4 is 11.7 Å². The fourth-order valence-corrected chi connectivity index (χ4v) is 4.09. The standard InChI is InChI=1S/C22H34N6O/c1-4-6-8-11-24-20(29)15-18-10-7-9-13-28(18)21-19(5-2)17(3)25-22(26-21)27-14-12-23-16-27/h12,14,16,18H,4-11,13,15H2,1-3H3,(H,24,29). The Balaban J connectivity index is 1.81. The van der Waals surface area contributed by atoms with E-state index in [1.807, 2.05) is 17.7 Å². The number of hydrogen-bond donors (Lipinski definition) is 1. The van der Waals surface area contributed by atoms with E-state index in [2.05, 4.69) is 29.0 Å². The number of aromatic nitrogens is 4. The molecule has 1 aliphatic rings. The van der Waals surface area contributed by atoms with Crippen LogP contribution in [0.25, 0.3) is 5.95 Å². The van der Waals surface area contributed by atoms with Crippen molar-refractivity contribution in [1.29, 1.82) is 0 Å². The van der Waals surface area contributed by atoms with E-state index in [0.29, 0.717) is 12.4 Å². The number of nitrogens with one attached hydrogen (secondary N) is 1. The molecule has 1 N–H and O–H groups in total. The van der Waals surface area contributed by atoms with Gasteiger partial charge in [0, 0.05) is 49.2 Å². The average molecular weight is 399 g/mol. The number of carbonyl (C=O) groups excluding carboxylic acids is 1. The number of aryl methyl sites for hydroxylation is 1. The highest BCUT2D eigenvalue weighted by Gasteiger charge is 2.28. The van der Waals surface area contributed by atoms with E-state index >= 15 is 0 Å². The van der Waals surface area contributed by atoms with Crippen LogP contribution < -0.4 is 10.2 Å². The number of anilines is 1. The quantitative estimate of drug-likeness (QED) is 0.653. The van der Waals surface area contributed by atoms with Crippen molar-refractivity contribution < 1.29 is 4.79 Å². The van der Waals surface area contributed by atoms with Gasteiger partial charge in [-0.3, -0.25) is 9.36 Å². The van der Waals surface area contributed by atoms with Gasteiger partial charge in [0.2, 0.25) is 11.9 Å². The lowest BCUT2D eigenvalue weighted by atomic mass is 9.97. The van der Waals surface area contributed by atoms with Gasteiger partial charge in [-0.1, -0.05) is 26.7 Å². The second kappa shape index (κ2) is 10.4. The number of rotatable bonds is 9. The molecule has 1 unspecified atom stereocenters. The Kier molecular flexibility index (Phi) is 7.61. The summed E-state index contributed by atoms with van der Waals surface area (Å²) in [5.41, 5.74) is 2.17. The molecule has 29 heavy (non-hydrogen) atoms. The van der Waals surface area contributed by atoms with Gasteiger partial charge in [-0.2, -0.15) is 4.98 Å². The third kappa shape index (κ3) is 5.34. The highest BCUT2D eigenvalue weighted by Crippen LogP contribution is 2.30. The Morgan fingerprint density at radius 2 is 2.10 bits per heavy atom. The first-order valence-electron chi connectivity index (χ1n) is 11.0. The van der Waals surface area contributed by atoms with Crippen LogP contribution in [0, 0.1) is 6.92 Å². The summed E-state index contributed by atoms with van der Waals surface area (Å²) < 4.78 is 1.84. The third-order valence-electron chi connectivity index (χ3n) is 5.69. The number of hydrogen-bond acceptors (Lipinski definition) is 5. The molecule has 7 heteroatoms. The van der Waals surface area contributed by atoms with Gasteiger partial charge in [-0.15, -0.1) is 0 Å². The van der Waals surface area contributed by atoms with Gasteiger partial charge < -0.3 is 10.2 Å². The Morgan fingerprint density at radius 1 is 1.24 bits per heavy atom. The molecule has 2 aromatic rings. The van der Waals surface area contributed by atoms with Crippen LogP contribution in [0.5, 0.6) is 0 Å². The molecule has 1 amide bonds. The molecule has 3 rings (SSSR count). The number of carbonyl (C=O) groups is 1. The van der Waals surface area contributed by atoms with E-state index in [0.717, 1.165) is 63.1 Å². The molecule has 1 fully saturated rings. The normalized spacial score (nSPS) is 16.8. The van der Waals surface area contributed by atoms with Gasteiger partial charge in [0.15, 0.2) is 0 Å². The smallest absolute Gasteiger partial charge is 0.237 e. The van der Waals surface area contributed by atoms with Gasteiger partial charge in [0.25, 0.3) is 0 Å². The Morgan fingerprint density at radius 3 is 2.83 bits per heavy atom. The maximum Gasteiger partial charge on any atom is 0.237 e. The molecule has 2 aromatic heterocycles. The lowest BCUT2D eigenvalue weighted by Crippen LogP contribution is -2.44. The summed E-state index contributed by atoms with van der Waals surface area (Å²) in [5, 5.41) is 3.10. The van der Waals surface area contributed by atoms with Crippen LogP contribution in [-0.2, 0) is 11.2 Å². The molecule has 1 aliphatic heterocycles. The van der Waals surface area contributed by atoms with Crippen molar-refractivity contribution in [1.82, 2.24) is 24.8 Å². The Labute approximate surface area is 174 Å². The molecule has 1 atom stereocenters. The molecule has 0 aromatic carbocycles. The van der Waals surface area contributed by atoms with Gasteiger partial charge in [0.05, 0.1) is 0 Å². The molecule has 0 saturated carbocycles. The second-order valence-electron chi connectivity index (χ2n) is 7.84. The largest absolute Gasteiger partial charge is 0.356 e. The minimum absolute atomic E-state index is 0.150. The highest BCUT2D eigenvalue weighted by molar-refractivity contribution is 5.77. The summed E-state index contributed by atoms with van der Waals surface area (Å²) in [6.45, 7) is 8.07. The first-order valence-corrected chi connectivity index (χ1v) is 11.0. The van der Waals surface area contributed by atoms with Crippen LogP contribution in [0.15, 0.2) is 18.7 Å². The van der Waals surface area contributed by atoms with Crippen molar-refractivity contribution in [3.63, 3.8) is 0 Å². The minimum atomic E-state index is 0.150. The second-order valence-corrected chi connectivity index (χ2v) is 7.84. The van der Waals surface area contributed by atoms with Crippen LogP contribution in [0.4, 0.5) is 5.82 Å². The zero-order valence-electron chi connectivity index (χ0n) is 18.0. The van der Waals surface area contributed by atoms with Gasteiger partial charge in [-0.05, 0) is 39.0 Å². The predicted molar refractivity (Wildman–Crippen MR) is 115 cm³/mol. The van der Waals surface area contributed by atoms with E-state index in [9.17, 15) is 4.79 Å². The summed E-state index contributed by atoms with van der Waals surface area (Å²) in [4.78, 5) is 28.6. The topological polar surface area (TPSA) is 75.9 Å². The summed E-state index contributed by atoms with van der Waals surface area (Å²) in [5.74, 6) is 1.77. The van der Waals surface area contributed by atoms with Crippen LogP contribution in [0.3, 0.4) is 0 Å². The number of unbranched alkanes of at least 4 members (excludes halogenated alkanes) is 2. The van der Waals surface area contributed by atoms with Crippen LogP contribution in [0.2, 0.25) is 0 Å². The fourth-order valence-electron chi connectivity index (χ4n) is 4.09. The van der Waals surface area contributed by atoms with E-state index < -0.39 is 0 Å². The maximum atomic E-state index is 12.5. The highest BCUT2D eigenvalue weighted by atomic mass is 16.1. The monoisotopic (exact) mass is 398 g/mol. The SMILES string of the molecule is CCCCCNC(=O)CC1CCCCN1c1nc(-n2ccnc2)nc(C)c1CC. The molecular weight excluding hydrogens is 364 g/mol. The van der Waals surface area contributed by atoms with Crippen molar-refractivity contribution in [3.8, 4) is 5.95 Å². The Hall–Kier alpha value is -2.44. The van der Waals surface area contributed by atoms with Crippen molar-refractivity contribution in [2.24, 2.45) is 0 Å². The van der Waals surface area contributed by atoms with Gasteiger partial charge in [-0.25, -0.2) is 9.97 Å². The summed E-state index contributed by atoms with van der Waals surface area (Å²) in [6.07, 6.45) is 13.4. The molecule has 0 aliphatic carbocycles. The third-order valence-corrected chi connectivity index (χ3v) is 5.69. The Bertz CT molecular complexity index is 789. The molecular formula is C22H34N6O. The van der Waals surface area contributed by atoms with Crippen LogP contribution >= 0.6 is 0 Å². The first kappa shape index (κ1) is 21.3. The van der Waals surface area contributed by atoms with E-state index in [4.69, 9.17) is 9.97 Å². The zero-order chi connectivity index (χ0) is 20.6. The maximum absolute atomic E-state index is 12.5. The lowest BCUT2D eigenvalue weighted by molar-refractivity contribution is -0.121. The van der Waals surface area contributed by atoms with E-state index in [-0.39, 0.29) is 11.9 Å². The van der Waals surface area contributed by atoms with Crippen molar-refractivity contribution in [2.75, 3.05) is 18.0 Å². The fraction of sp³-hybridized carbons (Fsp3) is 0.636. The van der Waals surface area contributed by atoms with Gasteiger partial charge >= 0.3 is 0 Å². The first-order chi connectivity index (χ1) is 14.1. The van der Waals surface area contributed by atoms with Crippen molar-refractivity contribution in [3.05, 3.63) is 30.0 Å². The zero-order valence-corrected chi connectivity index (χ0v) is 18.0. The number of imidazole rings is 1. The number of amides is 1. The molecule has 1 saturated heterocycles. The van der Waals surface area contributed by atoms with Crippen LogP contribution in [-0.4, -0.2) is 44.6 Å². The molecule has 0 bridgehead atoms. The molecule has 158 valence electrons. The summed E-state index contributed by atoms with van der Waals surface area (Å²) in [6, 6.07) is 0.185. The van der Waals surface area contributed by atoms with E-state index in [1.54, 1.807) is 12.5 Å². The van der Waals surface area contributed by atoms with Crippen LogP contribution in [0.1, 0.15) is 70.1 Å². The summed E-state index contributed by atoms with van der Waals surface area (Å²) in [7, 11) is 0. The molecule has 3 heterocycles. The molecule has 0 spiro atoms. The predicted octanol–water partition coefficient (Wildman–Crippen LogP) is 3.59. The minimum Gasteiger partial charge on any atom is -0.356 e. The van der Waals surface area contributed by atoms with Gasteiger partial charge in [0.1, 0.15) is 12.1 Å². The number of nitrogens with zero attached hydrogens (tertiary/aromatic N) is 5. The lowest BCUT2D eigenvalue weighted by Gasteiger charge is -2.37. The van der Waals surface area contributed by atoms with Crippen molar-refractivity contribution in [2.45, 2.75) is 78.2 Å². The molecule has 7 nitrogen and oxygen atoms in total. The number of piperidine rings is 1.